The Morgan fingerprint density at radius 3 is 2.81 bits per heavy atom. The van der Waals surface area contributed by atoms with E-state index in [2.05, 4.69) is 21.4 Å². The molecule has 4 aromatic rings. The third kappa shape index (κ3) is 2.60. The van der Waals surface area contributed by atoms with E-state index in [9.17, 15) is 5.26 Å². The summed E-state index contributed by atoms with van der Waals surface area (Å²) in [6.45, 7) is 2.53. The van der Waals surface area contributed by atoms with Crippen LogP contribution in [0, 0.1) is 18.3 Å². The molecular formula is C20H17N5O. The molecule has 3 heterocycles. The summed E-state index contributed by atoms with van der Waals surface area (Å²) in [6, 6.07) is 15.9. The Kier molecular flexibility index (Phi) is 3.90. The molecule has 0 bridgehead atoms. The van der Waals surface area contributed by atoms with Gasteiger partial charge in [-0.2, -0.15) is 5.26 Å². The van der Waals surface area contributed by atoms with Gasteiger partial charge in [-0.3, -0.25) is 4.40 Å². The Morgan fingerprint density at radius 2 is 2.08 bits per heavy atom. The number of benzene rings is 1. The van der Waals surface area contributed by atoms with Crippen molar-refractivity contribution in [1.82, 2.24) is 14.4 Å². The van der Waals surface area contributed by atoms with Crippen molar-refractivity contribution in [2.45, 2.75) is 13.5 Å². The molecule has 0 fully saturated rings. The summed E-state index contributed by atoms with van der Waals surface area (Å²) in [5.74, 6) is 1.48. The molecule has 1 aromatic carbocycles. The predicted octanol–water partition coefficient (Wildman–Crippen LogP) is 3.68. The zero-order valence-corrected chi connectivity index (χ0v) is 14.5. The number of fused-ring (bicyclic) bond motifs is 3. The number of anilines is 1. The van der Waals surface area contributed by atoms with E-state index >= 15 is 0 Å². The molecule has 0 saturated carbocycles. The van der Waals surface area contributed by atoms with Gasteiger partial charge in [0, 0.05) is 18.8 Å². The van der Waals surface area contributed by atoms with Crippen molar-refractivity contribution >= 4 is 22.5 Å². The minimum atomic E-state index is 0.589. The van der Waals surface area contributed by atoms with E-state index in [1.807, 2.05) is 53.8 Å². The molecule has 128 valence electrons. The van der Waals surface area contributed by atoms with E-state index in [1.54, 1.807) is 13.3 Å². The van der Waals surface area contributed by atoms with Crippen LogP contribution in [0.15, 0.2) is 48.7 Å². The maximum absolute atomic E-state index is 9.55. The number of nitrogens with zero attached hydrogens (tertiary/aromatic N) is 4. The summed E-state index contributed by atoms with van der Waals surface area (Å²) in [5.41, 5.74) is 5.02. The molecule has 0 unspecified atom stereocenters. The first-order valence-electron chi connectivity index (χ1n) is 8.25. The van der Waals surface area contributed by atoms with E-state index in [0.717, 1.165) is 28.0 Å². The highest BCUT2D eigenvalue weighted by Gasteiger charge is 2.14. The Balaban J connectivity index is 1.80. The Hall–Kier alpha value is -3.59. The van der Waals surface area contributed by atoms with Gasteiger partial charge in [-0.25, -0.2) is 9.97 Å². The smallest absolute Gasteiger partial charge is 0.212 e. The van der Waals surface area contributed by atoms with Gasteiger partial charge < -0.3 is 10.1 Å². The number of ether oxygens (including phenoxy) is 1. The number of pyridine rings is 2. The van der Waals surface area contributed by atoms with E-state index in [1.165, 1.54) is 0 Å². The van der Waals surface area contributed by atoms with Gasteiger partial charge in [0.1, 0.15) is 11.9 Å². The van der Waals surface area contributed by atoms with Crippen LogP contribution in [0.25, 0.3) is 16.7 Å². The van der Waals surface area contributed by atoms with E-state index < -0.39 is 0 Å². The topological polar surface area (TPSA) is 75.2 Å². The first-order chi connectivity index (χ1) is 12.7. The molecule has 0 aliphatic rings. The van der Waals surface area contributed by atoms with E-state index in [-0.39, 0.29) is 0 Å². The van der Waals surface area contributed by atoms with Crippen molar-refractivity contribution in [3.63, 3.8) is 0 Å². The number of aromatic nitrogens is 3. The minimum absolute atomic E-state index is 0.589. The number of nitriles is 1. The second kappa shape index (κ2) is 6.37. The number of rotatable bonds is 4. The first-order valence-corrected chi connectivity index (χ1v) is 8.25. The summed E-state index contributed by atoms with van der Waals surface area (Å²) < 4.78 is 7.09. The van der Waals surface area contributed by atoms with Crippen molar-refractivity contribution in [3.8, 4) is 11.9 Å². The maximum atomic E-state index is 9.55. The van der Waals surface area contributed by atoms with E-state index in [4.69, 9.17) is 4.74 Å². The summed E-state index contributed by atoms with van der Waals surface area (Å²) in [6.07, 6.45) is 1.78. The molecule has 0 aliphatic carbocycles. The van der Waals surface area contributed by atoms with Crippen LogP contribution < -0.4 is 10.1 Å². The second-order valence-corrected chi connectivity index (χ2v) is 6.02. The number of nitrogens with one attached hydrogen (secondary N) is 1. The van der Waals surface area contributed by atoms with Crippen LogP contribution in [0.4, 0.5) is 5.82 Å². The Labute approximate surface area is 150 Å². The average Bonchev–Trinajstić information content (AvgIpc) is 3.06. The van der Waals surface area contributed by atoms with Gasteiger partial charge in [0.25, 0.3) is 0 Å². The van der Waals surface area contributed by atoms with Gasteiger partial charge in [0.05, 0.1) is 23.7 Å². The summed E-state index contributed by atoms with van der Waals surface area (Å²) >= 11 is 0. The SMILES string of the molecule is COc1ccc(CNc2cc(C)c(C#N)c3nc4ccccc4n23)cn1. The molecule has 0 amide bonds. The third-order valence-corrected chi connectivity index (χ3v) is 4.37. The van der Waals surface area contributed by atoms with Gasteiger partial charge in [0.2, 0.25) is 5.88 Å². The van der Waals surface area contributed by atoms with Crippen molar-refractivity contribution in [2.24, 2.45) is 0 Å². The summed E-state index contributed by atoms with van der Waals surface area (Å²) in [5, 5.41) is 13.0. The number of methoxy groups -OCH3 is 1. The van der Waals surface area contributed by atoms with Crippen LogP contribution in [0.1, 0.15) is 16.7 Å². The lowest BCUT2D eigenvalue weighted by Crippen LogP contribution is -2.06. The normalized spacial score (nSPS) is 10.8. The molecule has 3 aromatic heterocycles. The number of para-hydroxylation sites is 2. The second-order valence-electron chi connectivity index (χ2n) is 6.02. The van der Waals surface area contributed by atoms with Crippen LogP contribution in [-0.4, -0.2) is 21.5 Å². The molecular weight excluding hydrogens is 326 g/mol. The van der Waals surface area contributed by atoms with Crippen molar-refractivity contribution in [3.05, 3.63) is 65.4 Å². The fraction of sp³-hybridized carbons (Fsp3) is 0.150. The number of imidazole rings is 1. The fourth-order valence-corrected chi connectivity index (χ4v) is 3.05. The standard InChI is InChI=1S/C20H17N5O/c1-13-9-18(22-11-14-7-8-19(26-2)23-12-14)25-17-6-4-3-5-16(17)24-20(25)15(13)10-21/h3-9,12,22H,11H2,1-2H3. The average molecular weight is 343 g/mol. The zero-order valence-electron chi connectivity index (χ0n) is 14.5. The monoisotopic (exact) mass is 343 g/mol. The van der Waals surface area contributed by atoms with Gasteiger partial charge in [-0.05, 0) is 36.2 Å². The van der Waals surface area contributed by atoms with Crippen LogP contribution in [0.3, 0.4) is 0 Å². The van der Waals surface area contributed by atoms with Gasteiger partial charge in [-0.1, -0.05) is 18.2 Å². The molecule has 0 saturated heterocycles. The largest absolute Gasteiger partial charge is 0.481 e. The highest BCUT2D eigenvalue weighted by atomic mass is 16.5. The quantitative estimate of drug-likeness (QED) is 0.612. The lowest BCUT2D eigenvalue weighted by Gasteiger charge is -2.12. The minimum Gasteiger partial charge on any atom is -0.481 e. The Bertz CT molecular complexity index is 1140. The van der Waals surface area contributed by atoms with Crippen LogP contribution in [0.5, 0.6) is 5.88 Å². The first kappa shape index (κ1) is 15.9. The molecule has 0 aliphatic heterocycles. The molecule has 0 radical (unpaired) electrons. The molecule has 4 rings (SSSR count). The molecule has 1 N–H and O–H groups in total. The summed E-state index contributed by atoms with van der Waals surface area (Å²) in [4.78, 5) is 8.89. The predicted molar refractivity (Wildman–Crippen MR) is 100 cm³/mol. The highest BCUT2D eigenvalue weighted by Crippen LogP contribution is 2.26. The molecule has 6 heteroatoms. The van der Waals surface area contributed by atoms with E-state index in [0.29, 0.717) is 23.6 Å². The summed E-state index contributed by atoms with van der Waals surface area (Å²) in [7, 11) is 1.60. The molecule has 0 atom stereocenters. The third-order valence-electron chi connectivity index (χ3n) is 4.37. The zero-order chi connectivity index (χ0) is 18.1. The van der Waals surface area contributed by atoms with Crippen molar-refractivity contribution in [1.29, 1.82) is 5.26 Å². The van der Waals surface area contributed by atoms with Gasteiger partial charge >= 0.3 is 0 Å². The maximum Gasteiger partial charge on any atom is 0.212 e. The van der Waals surface area contributed by atoms with Gasteiger partial charge in [-0.15, -0.1) is 0 Å². The molecule has 26 heavy (non-hydrogen) atoms. The molecule has 0 spiro atoms. The van der Waals surface area contributed by atoms with Crippen LogP contribution >= 0.6 is 0 Å². The van der Waals surface area contributed by atoms with Crippen LogP contribution in [-0.2, 0) is 6.54 Å². The number of hydrogen-bond donors (Lipinski definition) is 1. The highest BCUT2D eigenvalue weighted by molar-refractivity contribution is 5.85. The van der Waals surface area contributed by atoms with Crippen molar-refractivity contribution in [2.75, 3.05) is 12.4 Å². The number of hydrogen-bond acceptors (Lipinski definition) is 5. The Morgan fingerprint density at radius 1 is 1.23 bits per heavy atom. The lowest BCUT2D eigenvalue weighted by atomic mass is 10.1. The fourth-order valence-electron chi connectivity index (χ4n) is 3.05. The van der Waals surface area contributed by atoms with Gasteiger partial charge in [0.15, 0.2) is 5.65 Å². The lowest BCUT2D eigenvalue weighted by molar-refractivity contribution is 0.397. The van der Waals surface area contributed by atoms with Crippen LogP contribution in [0.2, 0.25) is 0 Å². The molecule has 6 nitrogen and oxygen atoms in total. The van der Waals surface area contributed by atoms with Crippen molar-refractivity contribution < 1.29 is 4.74 Å². The number of aryl methyl sites for hydroxylation is 1.